The van der Waals surface area contributed by atoms with Crippen molar-refractivity contribution < 1.29 is 4.79 Å². The molecule has 5 aromatic rings. The highest BCUT2D eigenvalue weighted by molar-refractivity contribution is 7.99. The van der Waals surface area contributed by atoms with Crippen LogP contribution in [0.2, 0.25) is 20.1 Å². The van der Waals surface area contributed by atoms with E-state index in [2.05, 4.69) is 25.8 Å². The molecule has 0 saturated heterocycles. The molecule has 0 atom stereocenters. The molecule has 3 aromatic carbocycles. The summed E-state index contributed by atoms with van der Waals surface area (Å²) in [5, 5.41) is 22.5. The van der Waals surface area contributed by atoms with Gasteiger partial charge in [-0.3, -0.25) is 9.36 Å². The van der Waals surface area contributed by atoms with Crippen molar-refractivity contribution in [3.05, 3.63) is 92.0 Å². The van der Waals surface area contributed by atoms with E-state index in [0.717, 1.165) is 11.3 Å². The van der Waals surface area contributed by atoms with Crippen LogP contribution in [0.3, 0.4) is 0 Å². The number of nitrogens with zero attached hydrogens (tertiary/aromatic N) is 6. The topological polar surface area (TPSA) is 90.5 Å². The number of carbonyl (C=O) groups is 1. The zero-order chi connectivity index (χ0) is 27.7. The number of hydrogen-bond acceptors (Lipinski definition) is 6. The fraction of sp³-hybridized carbons (Fsp3) is 0.115. The Hall–Kier alpha value is -3.08. The standard InChI is InChI=1S/C26H19Cl4N7OS/c1-14-17(27)9-6-10-21(14)31-23(38)13-39-26-34-33-25(36(26)16-7-4-3-5-8-16)24-15(2)37(35-32-24)22-12-19(29)18(28)11-20(22)30/h3-12H,13H2,1-2H3,(H,31,38). The molecule has 0 aliphatic carbocycles. The van der Waals surface area contributed by atoms with Gasteiger partial charge in [0.25, 0.3) is 0 Å². The van der Waals surface area contributed by atoms with Gasteiger partial charge in [0.05, 0.1) is 32.2 Å². The Labute approximate surface area is 248 Å². The van der Waals surface area contributed by atoms with Crippen molar-refractivity contribution in [3.8, 4) is 22.9 Å². The normalized spacial score (nSPS) is 11.1. The van der Waals surface area contributed by atoms with Gasteiger partial charge in [0.1, 0.15) is 0 Å². The van der Waals surface area contributed by atoms with E-state index in [1.807, 2.05) is 48.7 Å². The summed E-state index contributed by atoms with van der Waals surface area (Å²) in [6.45, 7) is 3.69. The highest BCUT2D eigenvalue weighted by Crippen LogP contribution is 2.34. The molecular weight excluding hydrogens is 600 g/mol. The third kappa shape index (κ3) is 5.64. The maximum atomic E-state index is 12.8. The fourth-order valence-corrected chi connectivity index (χ4v) is 5.37. The van der Waals surface area contributed by atoms with Crippen LogP contribution in [0, 0.1) is 13.8 Å². The van der Waals surface area contributed by atoms with Gasteiger partial charge in [-0.15, -0.1) is 15.3 Å². The number of rotatable bonds is 7. The number of hydrogen-bond donors (Lipinski definition) is 1. The molecule has 0 radical (unpaired) electrons. The van der Waals surface area contributed by atoms with Crippen LogP contribution in [0.4, 0.5) is 5.69 Å². The maximum absolute atomic E-state index is 12.8. The van der Waals surface area contributed by atoms with E-state index in [0.29, 0.717) is 53.8 Å². The van der Waals surface area contributed by atoms with Gasteiger partial charge < -0.3 is 5.32 Å². The lowest BCUT2D eigenvalue weighted by atomic mass is 10.2. The summed E-state index contributed by atoms with van der Waals surface area (Å²) in [5.74, 6) is 0.349. The third-order valence-electron chi connectivity index (χ3n) is 5.85. The summed E-state index contributed by atoms with van der Waals surface area (Å²) in [5.41, 5.74) is 3.92. The number of para-hydroxylation sites is 1. The van der Waals surface area contributed by atoms with E-state index in [1.54, 1.807) is 35.0 Å². The number of aromatic nitrogens is 6. The molecule has 0 aliphatic rings. The van der Waals surface area contributed by atoms with Crippen molar-refractivity contribution in [2.24, 2.45) is 0 Å². The Kier molecular flexibility index (Phi) is 8.16. The van der Waals surface area contributed by atoms with E-state index < -0.39 is 0 Å². The Balaban J connectivity index is 1.48. The summed E-state index contributed by atoms with van der Waals surface area (Å²) in [4.78, 5) is 12.8. The molecule has 1 amide bonds. The van der Waals surface area contributed by atoms with Gasteiger partial charge in [0, 0.05) is 16.4 Å². The molecule has 0 bridgehead atoms. The van der Waals surface area contributed by atoms with E-state index in [9.17, 15) is 4.79 Å². The Morgan fingerprint density at radius 3 is 2.38 bits per heavy atom. The second kappa shape index (κ2) is 11.6. The first-order chi connectivity index (χ1) is 18.7. The van der Waals surface area contributed by atoms with Crippen LogP contribution < -0.4 is 5.32 Å². The lowest BCUT2D eigenvalue weighted by Crippen LogP contribution is -2.15. The average Bonchev–Trinajstić information content (AvgIpc) is 3.51. The summed E-state index contributed by atoms with van der Waals surface area (Å²) in [7, 11) is 0. The van der Waals surface area contributed by atoms with Crippen LogP contribution in [0.25, 0.3) is 22.9 Å². The van der Waals surface area contributed by atoms with Crippen molar-refractivity contribution in [2.45, 2.75) is 19.0 Å². The van der Waals surface area contributed by atoms with Crippen molar-refractivity contribution in [1.29, 1.82) is 0 Å². The van der Waals surface area contributed by atoms with E-state index in [-0.39, 0.29) is 11.7 Å². The summed E-state index contributed by atoms with van der Waals surface area (Å²) in [6.07, 6.45) is 0. The van der Waals surface area contributed by atoms with E-state index >= 15 is 0 Å². The maximum Gasteiger partial charge on any atom is 0.234 e. The zero-order valence-electron chi connectivity index (χ0n) is 20.5. The van der Waals surface area contributed by atoms with Crippen molar-refractivity contribution in [2.75, 3.05) is 11.1 Å². The second-order valence-electron chi connectivity index (χ2n) is 8.38. The number of thioether (sulfide) groups is 1. The Morgan fingerprint density at radius 2 is 1.62 bits per heavy atom. The molecule has 198 valence electrons. The van der Waals surface area contributed by atoms with Gasteiger partial charge in [0.15, 0.2) is 16.7 Å². The monoisotopic (exact) mass is 617 g/mol. The van der Waals surface area contributed by atoms with Crippen molar-refractivity contribution >= 4 is 69.8 Å². The van der Waals surface area contributed by atoms with Gasteiger partial charge in [-0.2, -0.15) is 0 Å². The van der Waals surface area contributed by atoms with Gasteiger partial charge in [-0.25, -0.2) is 4.68 Å². The lowest BCUT2D eigenvalue weighted by Gasteiger charge is -2.11. The molecule has 0 aliphatic heterocycles. The average molecular weight is 619 g/mol. The first-order valence-corrected chi connectivity index (χ1v) is 14.0. The van der Waals surface area contributed by atoms with Crippen molar-refractivity contribution in [1.82, 2.24) is 29.8 Å². The minimum Gasteiger partial charge on any atom is -0.325 e. The highest BCUT2D eigenvalue weighted by Gasteiger charge is 2.23. The quantitative estimate of drug-likeness (QED) is 0.150. The number of carbonyl (C=O) groups excluding carboxylic acids is 1. The molecule has 13 heteroatoms. The lowest BCUT2D eigenvalue weighted by molar-refractivity contribution is -0.113. The fourth-order valence-electron chi connectivity index (χ4n) is 3.82. The predicted molar refractivity (Wildman–Crippen MR) is 157 cm³/mol. The minimum absolute atomic E-state index is 0.0987. The SMILES string of the molecule is Cc1c(Cl)cccc1NC(=O)CSc1nnc(-c2nnn(-c3cc(Cl)c(Cl)cc3Cl)c2C)n1-c1ccccc1. The van der Waals surface area contributed by atoms with E-state index in [1.165, 1.54) is 11.8 Å². The summed E-state index contributed by atoms with van der Waals surface area (Å²) >= 11 is 26.2. The third-order valence-corrected chi connectivity index (χ3v) is 8.21. The smallest absolute Gasteiger partial charge is 0.234 e. The highest BCUT2D eigenvalue weighted by atomic mass is 35.5. The second-order valence-corrected chi connectivity index (χ2v) is 11.0. The number of halogens is 4. The first-order valence-electron chi connectivity index (χ1n) is 11.5. The molecular formula is C26H19Cl4N7OS. The molecule has 0 unspecified atom stereocenters. The molecule has 0 saturated carbocycles. The molecule has 39 heavy (non-hydrogen) atoms. The first kappa shape index (κ1) is 27.5. The number of nitrogens with one attached hydrogen (secondary N) is 1. The Morgan fingerprint density at radius 1 is 0.872 bits per heavy atom. The predicted octanol–water partition coefficient (Wildman–Crippen LogP) is 7.48. The van der Waals surface area contributed by atoms with Gasteiger partial charge in [0.2, 0.25) is 5.91 Å². The van der Waals surface area contributed by atoms with Crippen molar-refractivity contribution in [3.63, 3.8) is 0 Å². The molecule has 2 heterocycles. The van der Waals surface area contributed by atoms with Crippen LogP contribution in [-0.4, -0.2) is 41.4 Å². The molecule has 5 rings (SSSR count). The molecule has 2 aromatic heterocycles. The molecule has 1 N–H and O–H groups in total. The van der Waals surface area contributed by atoms with Crippen LogP contribution in [0.5, 0.6) is 0 Å². The minimum atomic E-state index is -0.203. The molecule has 8 nitrogen and oxygen atoms in total. The van der Waals surface area contributed by atoms with Gasteiger partial charge in [-0.1, -0.05) is 87.6 Å². The van der Waals surface area contributed by atoms with Crippen LogP contribution in [0.15, 0.2) is 65.8 Å². The number of amides is 1. The van der Waals surface area contributed by atoms with Crippen LogP contribution >= 0.6 is 58.2 Å². The van der Waals surface area contributed by atoms with Crippen LogP contribution in [0.1, 0.15) is 11.3 Å². The van der Waals surface area contributed by atoms with Crippen LogP contribution in [-0.2, 0) is 4.79 Å². The zero-order valence-corrected chi connectivity index (χ0v) is 24.3. The largest absolute Gasteiger partial charge is 0.325 e. The molecule has 0 spiro atoms. The summed E-state index contributed by atoms with van der Waals surface area (Å²) < 4.78 is 3.40. The van der Waals surface area contributed by atoms with E-state index in [4.69, 9.17) is 46.4 Å². The molecule has 0 fully saturated rings. The Bertz CT molecular complexity index is 1690. The number of benzene rings is 3. The number of anilines is 1. The van der Waals surface area contributed by atoms with Gasteiger partial charge in [-0.05, 0) is 55.8 Å². The summed E-state index contributed by atoms with van der Waals surface area (Å²) in [6, 6.07) is 18.1. The van der Waals surface area contributed by atoms with Gasteiger partial charge >= 0.3 is 0 Å².